The third kappa shape index (κ3) is 4.32. The van der Waals surface area contributed by atoms with E-state index in [1.54, 1.807) is 0 Å². The molecule has 0 fully saturated rings. The summed E-state index contributed by atoms with van der Waals surface area (Å²) >= 11 is 9.64. The summed E-state index contributed by atoms with van der Waals surface area (Å²) in [6, 6.07) is 15.0. The second-order valence-corrected chi connectivity index (χ2v) is 7.02. The molecule has 21 heavy (non-hydrogen) atoms. The Morgan fingerprint density at radius 3 is 2.29 bits per heavy atom. The van der Waals surface area contributed by atoms with Crippen LogP contribution in [0.25, 0.3) is 0 Å². The molecule has 0 aliphatic heterocycles. The molecule has 2 aromatic rings. The van der Waals surface area contributed by atoms with E-state index in [0.29, 0.717) is 5.92 Å². The molecule has 0 aromatic heterocycles. The van der Waals surface area contributed by atoms with Crippen LogP contribution < -0.4 is 5.32 Å². The molecule has 0 aliphatic carbocycles. The van der Waals surface area contributed by atoms with Crippen molar-refractivity contribution in [1.82, 2.24) is 5.32 Å². The minimum absolute atomic E-state index is 0.157. The van der Waals surface area contributed by atoms with Crippen molar-refractivity contribution in [3.05, 3.63) is 68.7 Å². The molecule has 1 unspecified atom stereocenters. The van der Waals surface area contributed by atoms with Gasteiger partial charge in [-0.25, -0.2) is 0 Å². The van der Waals surface area contributed by atoms with E-state index < -0.39 is 0 Å². The molecule has 0 saturated carbocycles. The van der Waals surface area contributed by atoms with Gasteiger partial charge in [-0.15, -0.1) is 0 Å². The van der Waals surface area contributed by atoms with E-state index in [0.717, 1.165) is 15.9 Å². The normalized spacial score (nSPS) is 12.7. The van der Waals surface area contributed by atoms with Gasteiger partial charge in [0.1, 0.15) is 0 Å². The van der Waals surface area contributed by atoms with Gasteiger partial charge in [0.15, 0.2) is 0 Å². The lowest BCUT2D eigenvalue weighted by atomic mass is 9.96. The fourth-order valence-corrected chi connectivity index (χ4v) is 3.47. The Morgan fingerprint density at radius 2 is 1.76 bits per heavy atom. The average Bonchev–Trinajstić information content (AvgIpc) is 2.43. The highest BCUT2D eigenvalue weighted by Gasteiger charge is 2.15. The van der Waals surface area contributed by atoms with Crippen molar-refractivity contribution >= 4 is 27.5 Å². The van der Waals surface area contributed by atoms with Crippen molar-refractivity contribution in [3.8, 4) is 0 Å². The standard InChI is InChI=1S/C18H21BrClN/c1-12(2)10-13-4-6-14(7-5-13)18(21-3)16-9-8-15(20)11-17(16)19/h4-9,11-12,18,21H,10H2,1-3H3. The van der Waals surface area contributed by atoms with Gasteiger partial charge < -0.3 is 5.32 Å². The summed E-state index contributed by atoms with van der Waals surface area (Å²) in [7, 11) is 1.98. The summed E-state index contributed by atoms with van der Waals surface area (Å²) in [6.07, 6.45) is 1.12. The first-order chi connectivity index (χ1) is 10.0. The molecule has 0 amide bonds. The summed E-state index contributed by atoms with van der Waals surface area (Å²) in [5.74, 6) is 0.682. The molecule has 1 atom stereocenters. The van der Waals surface area contributed by atoms with Crippen molar-refractivity contribution in [2.75, 3.05) is 7.05 Å². The maximum atomic E-state index is 6.03. The predicted molar refractivity (Wildman–Crippen MR) is 95.0 cm³/mol. The Hall–Kier alpha value is -0.830. The van der Waals surface area contributed by atoms with E-state index in [1.807, 2.05) is 19.2 Å². The van der Waals surface area contributed by atoms with Crippen LogP contribution >= 0.6 is 27.5 Å². The van der Waals surface area contributed by atoms with Crippen LogP contribution in [0.2, 0.25) is 5.02 Å². The first kappa shape index (κ1) is 16.5. The van der Waals surface area contributed by atoms with Crippen LogP contribution in [0.3, 0.4) is 0 Å². The highest BCUT2D eigenvalue weighted by Crippen LogP contribution is 2.30. The Morgan fingerprint density at radius 1 is 1.10 bits per heavy atom. The zero-order valence-corrected chi connectivity index (χ0v) is 15.0. The minimum Gasteiger partial charge on any atom is -0.309 e. The van der Waals surface area contributed by atoms with Crippen LogP contribution in [0.1, 0.15) is 36.6 Å². The van der Waals surface area contributed by atoms with E-state index >= 15 is 0 Å². The molecule has 0 saturated heterocycles. The Labute approximate surface area is 140 Å². The second kappa shape index (κ2) is 7.44. The van der Waals surface area contributed by atoms with Crippen molar-refractivity contribution in [3.63, 3.8) is 0 Å². The second-order valence-electron chi connectivity index (χ2n) is 5.73. The van der Waals surface area contributed by atoms with Gasteiger partial charge in [0, 0.05) is 9.50 Å². The number of nitrogens with one attached hydrogen (secondary N) is 1. The highest BCUT2D eigenvalue weighted by atomic mass is 79.9. The third-order valence-corrected chi connectivity index (χ3v) is 4.44. The Bertz CT molecular complexity index is 593. The summed E-state index contributed by atoms with van der Waals surface area (Å²) < 4.78 is 1.03. The number of rotatable bonds is 5. The highest BCUT2D eigenvalue weighted by molar-refractivity contribution is 9.10. The van der Waals surface area contributed by atoms with Crippen molar-refractivity contribution in [2.45, 2.75) is 26.3 Å². The van der Waals surface area contributed by atoms with Gasteiger partial charge in [-0.1, -0.05) is 71.7 Å². The quantitative estimate of drug-likeness (QED) is 0.725. The number of hydrogen-bond acceptors (Lipinski definition) is 1. The van der Waals surface area contributed by atoms with E-state index in [4.69, 9.17) is 11.6 Å². The molecule has 0 bridgehead atoms. The lowest BCUT2D eigenvalue weighted by molar-refractivity contribution is 0.645. The Kier molecular flexibility index (Phi) is 5.86. The molecule has 1 nitrogen and oxygen atoms in total. The molecule has 0 aliphatic rings. The smallest absolute Gasteiger partial charge is 0.0585 e. The molecule has 0 heterocycles. The molecule has 0 spiro atoms. The zero-order valence-electron chi connectivity index (χ0n) is 12.7. The zero-order chi connectivity index (χ0) is 15.4. The fraction of sp³-hybridized carbons (Fsp3) is 0.333. The number of hydrogen-bond donors (Lipinski definition) is 1. The number of benzene rings is 2. The third-order valence-electron chi connectivity index (χ3n) is 3.52. The molecule has 112 valence electrons. The number of halogens is 2. The molecule has 2 aromatic carbocycles. The van der Waals surface area contributed by atoms with Crippen molar-refractivity contribution < 1.29 is 0 Å². The molecule has 3 heteroatoms. The van der Waals surface area contributed by atoms with Crippen LogP contribution in [0, 0.1) is 5.92 Å². The van der Waals surface area contributed by atoms with E-state index in [-0.39, 0.29) is 6.04 Å². The van der Waals surface area contributed by atoms with Gasteiger partial charge in [0.05, 0.1) is 6.04 Å². The van der Waals surface area contributed by atoms with Crippen LogP contribution in [0.15, 0.2) is 46.9 Å². The Balaban J connectivity index is 2.28. The van der Waals surface area contributed by atoms with E-state index in [1.165, 1.54) is 16.7 Å². The molecule has 1 N–H and O–H groups in total. The summed E-state index contributed by atoms with van der Waals surface area (Å²) in [4.78, 5) is 0. The molecule has 2 rings (SSSR count). The summed E-state index contributed by atoms with van der Waals surface area (Å²) in [5, 5.41) is 4.13. The molecular weight excluding hydrogens is 346 g/mol. The van der Waals surface area contributed by atoms with Gasteiger partial charge >= 0.3 is 0 Å². The van der Waals surface area contributed by atoms with E-state index in [9.17, 15) is 0 Å². The largest absolute Gasteiger partial charge is 0.309 e. The first-order valence-corrected chi connectivity index (χ1v) is 8.39. The lowest BCUT2D eigenvalue weighted by Gasteiger charge is -2.19. The topological polar surface area (TPSA) is 12.0 Å². The van der Waals surface area contributed by atoms with Gasteiger partial charge in [-0.3, -0.25) is 0 Å². The average molecular weight is 367 g/mol. The monoisotopic (exact) mass is 365 g/mol. The van der Waals surface area contributed by atoms with Gasteiger partial charge in [0.25, 0.3) is 0 Å². The van der Waals surface area contributed by atoms with Crippen molar-refractivity contribution in [2.24, 2.45) is 5.92 Å². The van der Waals surface area contributed by atoms with Crippen LogP contribution in [-0.4, -0.2) is 7.05 Å². The van der Waals surface area contributed by atoms with Crippen LogP contribution in [0.5, 0.6) is 0 Å². The fourth-order valence-electron chi connectivity index (χ4n) is 2.55. The van der Waals surface area contributed by atoms with Gasteiger partial charge in [-0.2, -0.15) is 0 Å². The van der Waals surface area contributed by atoms with E-state index in [2.05, 4.69) is 65.4 Å². The van der Waals surface area contributed by atoms with Gasteiger partial charge in [0.2, 0.25) is 0 Å². The summed E-state index contributed by atoms with van der Waals surface area (Å²) in [6.45, 7) is 4.49. The van der Waals surface area contributed by atoms with Crippen LogP contribution in [0.4, 0.5) is 0 Å². The molecular formula is C18H21BrClN. The first-order valence-electron chi connectivity index (χ1n) is 7.22. The van der Waals surface area contributed by atoms with Crippen molar-refractivity contribution in [1.29, 1.82) is 0 Å². The molecule has 0 radical (unpaired) electrons. The lowest BCUT2D eigenvalue weighted by Crippen LogP contribution is -2.18. The summed E-state index contributed by atoms with van der Waals surface area (Å²) in [5.41, 5.74) is 3.84. The SMILES string of the molecule is CNC(c1ccc(CC(C)C)cc1)c1ccc(Cl)cc1Br. The predicted octanol–water partition coefficient (Wildman–Crippen LogP) is 5.61. The minimum atomic E-state index is 0.157. The van der Waals surface area contributed by atoms with Gasteiger partial charge in [-0.05, 0) is 48.2 Å². The maximum absolute atomic E-state index is 6.03. The maximum Gasteiger partial charge on any atom is 0.0585 e. The van der Waals surface area contributed by atoms with Crippen LogP contribution in [-0.2, 0) is 6.42 Å².